The number of aromatic nitrogens is 2. The van der Waals surface area contributed by atoms with Gasteiger partial charge in [-0.05, 0) is 0 Å². The predicted octanol–water partition coefficient (Wildman–Crippen LogP) is 0.523. The molecule has 1 aromatic carbocycles. The van der Waals surface area contributed by atoms with Crippen LogP contribution in [0.4, 0.5) is 0 Å². The zero-order valence-corrected chi connectivity index (χ0v) is 10.4. The van der Waals surface area contributed by atoms with Crippen LogP contribution in [0, 0.1) is 0 Å². The molecule has 18 heavy (non-hydrogen) atoms. The first-order valence-corrected chi connectivity index (χ1v) is 6.19. The quantitative estimate of drug-likeness (QED) is 0.654. The SMILES string of the molecule is CO.O=S(O)c1nc2cc3c(cc2[nH]1)OCCO3. The summed E-state index contributed by atoms with van der Waals surface area (Å²) in [6.45, 7) is 1.01. The summed E-state index contributed by atoms with van der Waals surface area (Å²) < 4.78 is 30.5. The molecule has 1 aliphatic heterocycles. The van der Waals surface area contributed by atoms with Gasteiger partial charge in [-0.3, -0.25) is 4.55 Å². The van der Waals surface area contributed by atoms with Crippen LogP contribution in [0.15, 0.2) is 17.3 Å². The van der Waals surface area contributed by atoms with Crippen LogP contribution in [-0.4, -0.2) is 44.2 Å². The number of rotatable bonds is 1. The van der Waals surface area contributed by atoms with Crippen LogP contribution in [0.2, 0.25) is 0 Å². The Morgan fingerprint density at radius 1 is 1.28 bits per heavy atom. The number of benzene rings is 1. The maximum absolute atomic E-state index is 10.8. The zero-order chi connectivity index (χ0) is 13.1. The van der Waals surface area contributed by atoms with Gasteiger partial charge in [0.05, 0.1) is 11.0 Å². The second kappa shape index (κ2) is 5.34. The Labute approximate surface area is 105 Å². The standard InChI is InChI=1S/C9H8N2O4S.CH4O/c12-16(13)9-10-5-3-7-8(4-6(5)11-9)15-2-1-14-7;1-2/h3-4H,1-2H2,(H,10,11)(H,12,13);2H,1H3. The van der Waals surface area contributed by atoms with Gasteiger partial charge in [-0.2, -0.15) is 0 Å². The summed E-state index contributed by atoms with van der Waals surface area (Å²) in [4.78, 5) is 6.73. The van der Waals surface area contributed by atoms with E-state index in [2.05, 4.69) is 9.97 Å². The summed E-state index contributed by atoms with van der Waals surface area (Å²) >= 11 is -2.11. The molecule has 0 fully saturated rings. The molecule has 98 valence electrons. The number of aliphatic hydroxyl groups excluding tert-OH is 1. The van der Waals surface area contributed by atoms with Gasteiger partial charge in [-0.15, -0.1) is 0 Å². The highest BCUT2D eigenvalue weighted by molar-refractivity contribution is 7.79. The Hall–Kier alpha value is -1.64. The van der Waals surface area contributed by atoms with Crippen LogP contribution in [0.1, 0.15) is 0 Å². The van der Waals surface area contributed by atoms with Crippen molar-refractivity contribution < 1.29 is 23.3 Å². The van der Waals surface area contributed by atoms with E-state index in [1.165, 1.54) is 0 Å². The molecule has 7 nitrogen and oxygen atoms in total. The van der Waals surface area contributed by atoms with Crippen molar-refractivity contribution in [2.24, 2.45) is 0 Å². The minimum Gasteiger partial charge on any atom is -0.486 e. The molecule has 0 saturated carbocycles. The first-order chi connectivity index (χ1) is 8.74. The second-order valence-corrected chi connectivity index (χ2v) is 4.19. The van der Waals surface area contributed by atoms with E-state index in [-0.39, 0.29) is 5.16 Å². The van der Waals surface area contributed by atoms with Crippen molar-refractivity contribution in [1.82, 2.24) is 9.97 Å². The van der Waals surface area contributed by atoms with Crippen molar-refractivity contribution in [3.8, 4) is 11.5 Å². The molecule has 0 aliphatic carbocycles. The molecule has 3 N–H and O–H groups in total. The summed E-state index contributed by atoms with van der Waals surface area (Å²) in [5.74, 6) is 1.23. The van der Waals surface area contributed by atoms with Crippen molar-refractivity contribution >= 4 is 22.1 Å². The van der Waals surface area contributed by atoms with E-state index in [0.717, 1.165) is 7.11 Å². The molecule has 2 heterocycles. The Kier molecular flexibility index (Phi) is 3.80. The molecule has 1 atom stereocenters. The number of imidazole rings is 1. The van der Waals surface area contributed by atoms with E-state index in [1.54, 1.807) is 12.1 Å². The number of fused-ring (bicyclic) bond motifs is 2. The van der Waals surface area contributed by atoms with Gasteiger partial charge in [0.15, 0.2) is 11.5 Å². The van der Waals surface area contributed by atoms with Crippen LogP contribution >= 0.6 is 0 Å². The molecule has 0 amide bonds. The number of aliphatic hydroxyl groups is 1. The van der Waals surface area contributed by atoms with E-state index in [1.807, 2.05) is 0 Å². The van der Waals surface area contributed by atoms with Crippen molar-refractivity contribution in [3.63, 3.8) is 0 Å². The van der Waals surface area contributed by atoms with Gasteiger partial charge in [0.2, 0.25) is 16.2 Å². The lowest BCUT2D eigenvalue weighted by molar-refractivity contribution is 0.172. The van der Waals surface area contributed by atoms with Gasteiger partial charge in [-0.1, -0.05) is 0 Å². The molecule has 0 saturated heterocycles. The van der Waals surface area contributed by atoms with Crippen molar-refractivity contribution in [3.05, 3.63) is 12.1 Å². The Bertz CT molecular complexity index is 540. The van der Waals surface area contributed by atoms with Gasteiger partial charge >= 0.3 is 0 Å². The van der Waals surface area contributed by atoms with Gasteiger partial charge in [0.1, 0.15) is 13.2 Å². The van der Waals surface area contributed by atoms with E-state index >= 15 is 0 Å². The number of ether oxygens (including phenoxy) is 2. The van der Waals surface area contributed by atoms with Crippen molar-refractivity contribution in [2.75, 3.05) is 20.3 Å². The maximum Gasteiger partial charge on any atom is 0.225 e. The third-order valence-electron chi connectivity index (χ3n) is 2.29. The van der Waals surface area contributed by atoms with Crippen LogP contribution in [-0.2, 0) is 11.1 Å². The highest BCUT2D eigenvalue weighted by Gasteiger charge is 2.15. The zero-order valence-electron chi connectivity index (χ0n) is 9.54. The summed E-state index contributed by atoms with van der Waals surface area (Å²) in [5, 5.41) is 7.03. The topological polar surface area (TPSA) is 105 Å². The minimum atomic E-state index is -2.11. The number of nitrogens with zero attached hydrogens (tertiary/aromatic N) is 1. The molecule has 0 bridgehead atoms. The Morgan fingerprint density at radius 2 is 1.89 bits per heavy atom. The molecule has 0 radical (unpaired) electrons. The first-order valence-electron chi connectivity index (χ1n) is 5.09. The third kappa shape index (κ3) is 2.30. The number of hydrogen-bond acceptors (Lipinski definition) is 5. The highest BCUT2D eigenvalue weighted by Crippen LogP contribution is 2.33. The normalized spacial score (nSPS) is 14.8. The number of aromatic amines is 1. The lowest BCUT2D eigenvalue weighted by Gasteiger charge is -2.17. The largest absolute Gasteiger partial charge is 0.486 e. The molecule has 1 unspecified atom stereocenters. The molecule has 0 spiro atoms. The number of nitrogens with one attached hydrogen (secondary N) is 1. The molecule has 1 aliphatic rings. The molecule has 8 heteroatoms. The van der Waals surface area contributed by atoms with Gasteiger partial charge in [-0.25, -0.2) is 9.19 Å². The van der Waals surface area contributed by atoms with Crippen LogP contribution in [0.5, 0.6) is 11.5 Å². The van der Waals surface area contributed by atoms with Crippen LogP contribution in [0.3, 0.4) is 0 Å². The highest BCUT2D eigenvalue weighted by atomic mass is 32.2. The minimum absolute atomic E-state index is 0.0253. The molecular formula is C10H12N2O5S. The fraction of sp³-hybridized carbons (Fsp3) is 0.300. The number of H-pyrrole nitrogens is 1. The van der Waals surface area contributed by atoms with Crippen LogP contribution < -0.4 is 9.47 Å². The smallest absolute Gasteiger partial charge is 0.225 e. The van der Waals surface area contributed by atoms with E-state index in [9.17, 15) is 4.21 Å². The Balaban J connectivity index is 0.000000574. The molecular weight excluding hydrogens is 260 g/mol. The average molecular weight is 272 g/mol. The van der Waals surface area contributed by atoms with Gasteiger partial charge < -0.3 is 19.6 Å². The van der Waals surface area contributed by atoms with E-state index in [4.69, 9.17) is 19.1 Å². The lowest BCUT2D eigenvalue weighted by Crippen LogP contribution is -2.15. The molecule has 1 aromatic heterocycles. The summed E-state index contributed by atoms with van der Waals surface area (Å²) in [7, 11) is 1.00. The van der Waals surface area contributed by atoms with Crippen molar-refractivity contribution in [1.29, 1.82) is 0 Å². The first kappa shape index (κ1) is 12.8. The number of hydrogen-bond donors (Lipinski definition) is 3. The molecule has 2 aromatic rings. The second-order valence-electron chi connectivity index (χ2n) is 3.30. The third-order valence-corrected chi connectivity index (χ3v) is 2.81. The maximum atomic E-state index is 10.8. The average Bonchev–Trinajstić information content (AvgIpc) is 2.81. The van der Waals surface area contributed by atoms with Gasteiger partial charge in [0.25, 0.3) is 0 Å². The van der Waals surface area contributed by atoms with Crippen LogP contribution in [0.25, 0.3) is 11.0 Å². The Morgan fingerprint density at radius 3 is 2.50 bits per heavy atom. The van der Waals surface area contributed by atoms with E-state index in [0.29, 0.717) is 35.7 Å². The molecule has 3 rings (SSSR count). The predicted molar refractivity (Wildman–Crippen MR) is 64.3 cm³/mol. The summed E-state index contributed by atoms with van der Waals surface area (Å²) in [5.41, 5.74) is 1.24. The fourth-order valence-electron chi connectivity index (χ4n) is 1.61. The van der Waals surface area contributed by atoms with Gasteiger partial charge in [0, 0.05) is 19.2 Å². The summed E-state index contributed by atoms with van der Waals surface area (Å²) in [6.07, 6.45) is 0. The van der Waals surface area contributed by atoms with Crippen molar-refractivity contribution in [2.45, 2.75) is 5.16 Å². The fourth-order valence-corrected chi connectivity index (χ4v) is 1.98. The monoisotopic (exact) mass is 272 g/mol. The lowest BCUT2D eigenvalue weighted by atomic mass is 10.2. The van der Waals surface area contributed by atoms with E-state index < -0.39 is 11.1 Å². The summed E-state index contributed by atoms with van der Waals surface area (Å²) in [6, 6.07) is 3.41.